The number of hydrogen-bond donors (Lipinski definition) is 0. The first-order valence-electron chi connectivity index (χ1n) is 14.2. The second-order valence-corrected chi connectivity index (χ2v) is 9.63. The fourth-order valence-electron chi connectivity index (χ4n) is 4.01. The normalized spacial score (nSPS) is 16.5. The lowest BCUT2D eigenvalue weighted by Gasteiger charge is -2.28. The first-order valence-corrected chi connectivity index (χ1v) is 14.2. The highest BCUT2D eigenvalue weighted by molar-refractivity contribution is 5.83. The maximum atomic E-state index is 11.2. The van der Waals surface area contributed by atoms with Crippen molar-refractivity contribution in [2.24, 2.45) is 5.92 Å². The second kappa shape index (κ2) is 19.6. The Morgan fingerprint density at radius 3 is 1.78 bits per heavy atom. The van der Waals surface area contributed by atoms with Crippen molar-refractivity contribution in [3.63, 3.8) is 0 Å². The zero-order valence-corrected chi connectivity index (χ0v) is 23.6. The number of ether oxygens (including phenoxy) is 2. The van der Waals surface area contributed by atoms with Crippen LogP contribution >= 0.6 is 0 Å². The van der Waals surface area contributed by atoms with Crippen LogP contribution in [0.4, 0.5) is 0 Å². The minimum atomic E-state index is -0.456. The zero-order valence-electron chi connectivity index (χ0n) is 23.6. The van der Waals surface area contributed by atoms with Gasteiger partial charge in [0.2, 0.25) is 0 Å². The van der Waals surface area contributed by atoms with E-state index in [2.05, 4.69) is 65.5 Å². The molecule has 1 aliphatic carbocycles. The number of carbonyl (C=O) groups is 1. The van der Waals surface area contributed by atoms with E-state index < -0.39 is 5.97 Å². The van der Waals surface area contributed by atoms with E-state index >= 15 is 0 Å². The van der Waals surface area contributed by atoms with Crippen LogP contribution in [-0.2, 0) is 11.4 Å². The van der Waals surface area contributed by atoms with Gasteiger partial charge in [-0.1, -0.05) is 104 Å². The largest absolute Gasteiger partial charge is 0.489 e. The number of hydrogen-bond acceptors (Lipinski definition) is 3. The standard InChI is InChI=1S/C25H30O3.2C4H10/c1-3-5-19-6-10-21(11-7-19)22-12-16-23(17-13-22)27-18-20-8-14-24(15-9-20)28-25(26)4-2;2*1-3-4-2/h4,8-9,12-17,19,21H,2-3,5-7,10-11,18H2,1H3;2*3-4H2,1-2H3. The van der Waals surface area contributed by atoms with Gasteiger partial charge in [-0.2, -0.15) is 0 Å². The number of esters is 1. The molecule has 0 aromatic heterocycles. The van der Waals surface area contributed by atoms with Crippen LogP contribution in [0.15, 0.2) is 61.2 Å². The second-order valence-electron chi connectivity index (χ2n) is 9.63. The molecule has 2 aromatic rings. The fourth-order valence-corrected chi connectivity index (χ4v) is 4.01. The van der Waals surface area contributed by atoms with Crippen molar-refractivity contribution in [3.05, 3.63) is 72.3 Å². The molecule has 3 heteroatoms. The Bertz CT molecular complexity index is 807. The van der Waals surface area contributed by atoms with Crippen LogP contribution in [0.3, 0.4) is 0 Å². The summed E-state index contributed by atoms with van der Waals surface area (Å²) in [6, 6.07) is 15.9. The van der Waals surface area contributed by atoms with Gasteiger partial charge in [0.15, 0.2) is 0 Å². The molecule has 0 atom stereocenters. The highest BCUT2D eigenvalue weighted by atomic mass is 16.5. The molecule has 2 aromatic carbocycles. The minimum absolute atomic E-state index is 0.456. The van der Waals surface area contributed by atoms with Crippen molar-refractivity contribution in [1.29, 1.82) is 0 Å². The summed E-state index contributed by atoms with van der Waals surface area (Å²) in [7, 11) is 0. The molecule has 36 heavy (non-hydrogen) atoms. The van der Waals surface area contributed by atoms with Gasteiger partial charge in [-0.15, -0.1) is 0 Å². The molecule has 0 heterocycles. The van der Waals surface area contributed by atoms with E-state index in [1.54, 1.807) is 12.1 Å². The Balaban J connectivity index is 0.000000709. The van der Waals surface area contributed by atoms with Crippen LogP contribution in [-0.4, -0.2) is 5.97 Å². The molecule has 3 rings (SSSR count). The molecule has 0 unspecified atom stereocenters. The summed E-state index contributed by atoms with van der Waals surface area (Å²) in [5.41, 5.74) is 2.47. The third kappa shape index (κ3) is 13.0. The minimum Gasteiger partial charge on any atom is -0.489 e. The average molecular weight is 495 g/mol. The van der Waals surface area contributed by atoms with Crippen LogP contribution < -0.4 is 9.47 Å². The molecular weight excluding hydrogens is 444 g/mol. The monoisotopic (exact) mass is 494 g/mol. The summed E-state index contributed by atoms with van der Waals surface area (Å²) in [5.74, 6) is 2.57. The van der Waals surface area contributed by atoms with Crippen LogP contribution in [0.25, 0.3) is 0 Å². The maximum absolute atomic E-state index is 11.2. The predicted molar refractivity (Wildman–Crippen MR) is 154 cm³/mol. The van der Waals surface area contributed by atoms with Crippen molar-refractivity contribution in [2.75, 3.05) is 0 Å². The van der Waals surface area contributed by atoms with E-state index in [1.807, 2.05) is 12.1 Å². The van der Waals surface area contributed by atoms with E-state index in [0.717, 1.165) is 23.3 Å². The smallest absolute Gasteiger partial charge is 0.335 e. The molecule has 1 aliphatic rings. The molecule has 0 N–H and O–H groups in total. The van der Waals surface area contributed by atoms with E-state index in [-0.39, 0.29) is 0 Å². The van der Waals surface area contributed by atoms with Crippen molar-refractivity contribution >= 4 is 5.97 Å². The lowest BCUT2D eigenvalue weighted by atomic mass is 9.77. The van der Waals surface area contributed by atoms with Crippen LogP contribution in [0.2, 0.25) is 0 Å². The molecule has 1 saturated carbocycles. The highest BCUT2D eigenvalue weighted by Crippen LogP contribution is 2.37. The lowest BCUT2D eigenvalue weighted by molar-refractivity contribution is -0.128. The molecule has 0 saturated heterocycles. The van der Waals surface area contributed by atoms with Gasteiger partial charge in [-0.3, -0.25) is 0 Å². The number of unbranched alkanes of at least 4 members (excludes halogenated alkanes) is 2. The van der Waals surface area contributed by atoms with E-state index in [9.17, 15) is 4.79 Å². The topological polar surface area (TPSA) is 35.5 Å². The average Bonchev–Trinajstić information content (AvgIpc) is 2.94. The summed E-state index contributed by atoms with van der Waals surface area (Å²) in [6.45, 7) is 14.9. The first kappa shape index (κ1) is 31.5. The van der Waals surface area contributed by atoms with E-state index in [4.69, 9.17) is 9.47 Å². The summed E-state index contributed by atoms with van der Waals surface area (Å²) < 4.78 is 11.0. The highest BCUT2D eigenvalue weighted by Gasteiger charge is 2.21. The van der Waals surface area contributed by atoms with Crippen molar-refractivity contribution < 1.29 is 14.3 Å². The Morgan fingerprint density at radius 1 is 0.778 bits per heavy atom. The molecule has 0 radical (unpaired) electrons. The van der Waals surface area contributed by atoms with Gasteiger partial charge < -0.3 is 9.47 Å². The summed E-state index contributed by atoms with van der Waals surface area (Å²) in [4.78, 5) is 11.2. The number of benzene rings is 2. The fraction of sp³-hybridized carbons (Fsp3) is 0.545. The molecule has 0 spiro atoms. The first-order chi connectivity index (χ1) is 17.5. The van der Waals surface area contributed by atoms with Crippen molar-refractivity contribution in [1.82, 2.24) is 0 Å². The predicted octanol–water partition coefficient (Wildman–Crippen LogP) is 10.0. The SMILES string of the molecule is C=CC(=O)Oc1ccc(COc2ccc(C3CCC(CCC)CC3)cc2)cc1.CCCC.CCCC. The van der Waals surface area contributed by atoms with Gasteiger partial charge >= 0.3 is 5.97 Å². The van der Waals surface area contributed by atoms with Crippen LogP contribution in [0, 0.1) is 5.92 Å². The summed E-state index contributed by atoms with van der Waals surface area (Å²) in [5, 5.41) is 0. The number of rotatable bonds is 10. The Labute approximate surface area is 221 Å². The van der Waals surface area contributed by atoms with Gasteiger partial charge in [0.1, 0.15) is 18.1 Å². The van der Waals surface area contributed by atoms with Crippen LogP contribution in [0.5, 0.6) is 11.5 Å². The molecule has 0 amide bonds. The Hall–Kier alpha value is -2.55. The van der Waals surface area contributed by atoms with Gasteiger partial charge in [0, 0.05) is 6.08 Å². The molecule has 3 nitrogen and oxygen atoms in total. The van der Waals surface area contributed by atoms with Gasteiger partial charge in [0.05, 0.1) is 0 Å². The summed E-state index contributed by atoms with van der Waals surface area (Å²) >= 11 is 0. The van der Waals surface area contributed by atoms with Gasteiger partial charge in [0.25, 0.3) is 0 Å². The molecule has 1 fully saturated rings. The Morgan fingerprint density at radius 2 is 1.31 bits per heavy atom. The molecule has 200 valence electrons. The third-order valence-corrected chi connectivity index (χ3v) is 6.61. The Kier molecular flexibility index (Phi) is 17.2. The van der Waals surface area contributed by atoms with E-state index in [1.165, 1.54) is 69.8 Å². The lowest BCUT2D eigenvalue weighted by Crippen LogP contribution is -2.13. The number of carbonyl (C=O) groups excluding carboxylic acids is 1. The summed E-state index contributed by atoms with van der Waals surface area (Å²) in [6.07, 6.45) is 14.5. The maximum Gasteiger partial charge on any atom is 0.335 e. The van der Waals surface area contributed by atoms with Gasteiger partial charge in [-0.25, -0.2) is 4.79 Å². The van der Waals surface area contributed by atoms with Crippen LogP contribution in [0.1, 0.15) is 116 Å². The van der Waals surface area contributed by atoms with E-state index in [0.29, 0.717) is 18.3 Å². The van der Waals surface area contributed by atoms with Crippen molar-refractivity contribution in [3.8, 4) is 11.5 Å². The molecule has 0 bridgehead atoms. The third-order valence-electron chi connectivity index (χ3n) is 6.61. The molecular formula is C33H50O3. The molecule has 0 aliphatic heterocycles. The zero-order chi connectivity index (χ0) is 26.6. The van der Waals surface area contributed by atoms with Crippen molar-refractivity contribution in [2.45, 2.75) is 111 Å². The quantitative estimate of drug-likeness (QED) is 0.187. The van der Waals surface area contributed by atoms with Gasteiger partial charge in [-0.05, 0) is 72.9 Å².